The summed E-state index contributed by atoms with van der Waals surface area (Å²) >= 11 is 0. The van der Waals surface area contributed by atoms with Gasteiger partial charge in [0.2, 0.25) is 0 Å². The zero-order chi connectivity index (χ0) is 19.5. The van der Waals surface area contributed by atoms with Crippen LogP contribution in [-0.2, 0) is 23.9 Å². The Morgan fingerprint density at radius 3 is 2.27 bits per heavy atom. The molecule has 26 heavy (non-hydrogen) atoms. The van der Waals surface area contributed by atoms with Crippen molar-refractivity contribution in [2.75, 3.05) is 26.2 Å². The Kier molecular flexibility index (Phi) is 6.22. The number of rotatable bonds is 6. The molecule has 2 aliphatic heterocycles. The molecule has 0 spiro atoms. The van der Waals surface area contributed by atoms with Crippen LogP contribution in [0.5, 0.6) is 0 Å². The van der Waals surface area contributed by atoms with E-state index >= 15 is 0 Å². The number of morpholine rings is 1. The first-order valence-electron chi connectivity index (χ1n) is 8.95. The highest BCUT2D eigenvalue weighted by atomic mass is 16.5. The molecule has 2 saturated heterocycles. The van der Waals surface area contributed by atoms with E-state index in [1.807, 2.05) is 13.8 Å². The van der Waals surface area contributed by atoms with Gasteiger partial charge >= 0.3 is 12.0 Å². The number of carbonyl (C=O) groups is 4. The predicted molar refractivity (Wildman–Crippen MR) is 91.1 cm³/mol. The van der Waals surface area contributed by atoms with E-state index in [1.165, 1.54) is 0 Å². The number of carbonyl (C=O) groups excluding carboxylic acids is 4. The molecule has 0 saturated carbocycles. The van der Waals surface area contributed by atoms with Gasteiger partial charge in [-0.25, -0.2) is 4.79 Å². The van der Waals surface area contributed by atoms with Gasteiger partial charge in [0, 0.05) is 13.1 Å². The summed E-state index contributed by atoms with van der Waals surface area (Å²) in [6, 6.07) is -0.613. The molecule has 0 aromatic rings. The maximum absolute atomic E-state index is 12.4. The largest absolute Gasteiger partial charge is 0.454 e. The van der Waals surface area contributed by atoms with E-state index in [0.29, 0.717) is 25.9 Å². The van der Waals surface area contributed by atoms with E-state index in [0.717, 1.165) is 4.90 Å². The predicted octanol–water partition coefficient (Wildman–Crippen LogP) is 0.276. The third-order valence-electron chi connectivity index (χ3n) is 4.87. The third kappa shape index (κ3) is 4.14. The average molecular weight is 369 g/mol. The Morgan fingerprint density at radius 2 is 1.77 bits per heavy atom. The van der Waals surface area contributed by atoms with Crippen LogP contribution in [0, 0.1) is 0 Å². The van der Waals surface area contributed by atoms with Crippen LogP contribution in [0.2, 0.25) is 0 Å². The highest BCUT2D eigenvalue weighted by molar-refractivity contribution is 6.08. The summed E-state index contributed by atoms with van der Waals surface area (Å²) in [7, 11) is 0. The molecule has 146 valence electrons. The summed E-state index contributed by atoms with van der Waals surface area (Å²) in [5.41, 5.74) is -0.965. The van der Waals surface area contributed by atoms with Crippen molar-refractivity contribution in [1.82, 2.24) is 15.1 Å². The minimum atomic E-state index is -0.965. The van der Waals surface area contributed by atoms with E-state index in [9.17, 15) is 19.2 Å². The van der Waals surface area contributed by atoms with Crippen molar-refractivity contribution < 1.29 is 28.7 Å². The second kappa shape index (κ2) is 8.03. The van der Waals surface area contributed by atoms with Crippen molar-refractivity contribution in [3.8, 4) is 0 Å². The van der Waals surface area contributed by atoms with E-state index in [-0.39, 0.29) is 18.1 Å². The van der Waals surface area contributed by atoms with Gasteiger partial charge in [-0.3, -0.25) is 19.3 Å². The molecule has 0 aromatic heterocycles. The molecule has 2 aliphatic rings. The normalized spacial score (nSPS) is 25.2. The lowest BCUT2D eigenvalue weighted by molar-refractivity contribution is -0.158. The van der Waals surface area contributed by atoms with Crippen LogP contribution in [-0.4, -0.2) is 77.6 Å². The number of ether oxygens (including phenoxy) is 2. The van der Waals surface area contributed by atoms with Crippen LogP contribution in [0.4, 0.5) is 4.79 Å². The van der Waals surface area contributed by atoms with Crippen molar-refractivity contribution in [3.05, 3.63) is 0 Å². The lowest BCUT2D eigenvalue weighted by atomic mass is 9.93. The van der Waals surface area contributed by atoms with Gasteiger partial charge in [-0.1, -0.05) is 13.8 Å². The Balaban J connectivity index is 1.86. The minimum Gasteiger partial charge on any atom is -0.454 e. The van der Waals surface area contributed by atoms with Crippen molar-refractivity contribution in [2.24, 2.45) is 0 Å². The Morgan fingerprint density at radius 1 is 1.19 bits per heavy atom. The molecule has 0 aliphatic carbocycles. The number of hydrogen-bond donors (Lipinski definition) is 1. The lowest BCUT2D eigenvalue weighted by Crippen LogP contribution is -2.49. The number of nitrogens with one attached hydrogen (secondary N) is 1. The van der Waals surface area contributed by atoms with Crippen molar-refractivity contribution in [3.63, 3.8) is 0 Å². The van der Waals surface area contributed by atoms with E-state index in [1.54, 1.807) is 18.7 Å². The van der Waals surface area contributed by atoms with Crippen LogP contribution in [0.25, 0.3) is 0 Å². The average Bonchev–Trinajstić information content (AvgIpc) is 2.83. The van der Waals surface area contributed by atoms with Gasteiger partial charge in [0.25, 0.3) is 11.8 Å². The summed E-state index contributed by atoms with van der Waals surface area (Å²) in [5.74, 6) is -1.56. The summed E-state index contributed by atoms with van der Waals surface area (Å²) in [6.45, 7) is 7.27. The van der Waals surface area contributed by atoms with Crippen LogP contribution >= 0.6 is 0 Å². The van der Waals surface area contributed by atoms with Gasteiger partial charge < -0.3 is 19.7 Å². The number of urea groups is 1. The molecule has 2 atom stereocenters. The first-order valence-corrected chi connectivity index (χ1v) is 8.95. The fourth-order valence-electron chi connectivity index (χ4n) is 3.34. The summed E-state index contributed by atoms with van der Waals surface area (Å²) < 4.78 is 10.5. The second-order valence-corrected chi connectivity index (χ2v) is 6.83. The maximum atomic E-state index is 12.4. The molecule has 4 amide bonds. The summed E-state index contributed by atoms with van der Waals surface area (Å²) in [6.07, 6.45) is 0.706. The standard InChI is InChI=1S/C17H27N3O6/c1-5-17(6-2)15(23)20(16(24)18-17)9-14(22)25-10-13(21)19-7-11(3)26-12(4)8-19/h11-12H,5-10H2,1-4H3,(H,18,24)/t11-,12-/m0/s1. The van der Waals surface area contributed by atoms with Gasteiger partial charge in [-0.05, 0) is 26.7 Å². The summed E-state index contributed by atoms with van der Waals surface area (Å²) in [5, 5.41) is 2.64. The fraction of sp³-hybridized carbons (Fsp3) is 0.765. The van der Waals surface area contributed by atoms with Gasteiger partial charge in [0.1, 0.15) is 12.1 Å². The molecule has 9 nitrogen and oxygen atoms in total. The Hall–Kier alpha value is -2.16. The molecule has 1 N–H and O–H groups in total. The zero-order valence-electron chi connectivity index (χ0n) is 15.7. The molecular formula is C17H27N3O6. The molecule has 2 fully saturated rings. The second-order valence-electron chi connectivity index (χ2n) is 6.83. The molecule has 0 bridgehead atoms. The molecular weight excluding hydrogens is 342 g/mol. The molecule has 0 aromatic carbocycles. The third-order valence-corrected chi connectivity index (χ3v) is 4.87. The fourth-order valence-corrected chi connectivity index (χ4v) is 3.34. The van der Waals surface area contributed by atoms with Crippen LogP contribution in [0.3, 0.4) is 0 Å². The first kappa shape index (κ1) is 20.2. The van der Waals surface area contributed by atoms with Crippen molar-refractivity contribution >= 4 is 23.8 Å². The van der Waals surface area contributed by atoms with E-state index in [4.69, 9.17) is 9.47 Å². The highest BCUT2D eigenvalue weighted by Gasteiger charge is 2.49. The van der Waals surface area contributed by atoms with Gasteiger partial charge in [0.15, 0.2) is 6.61 Å². The number of amides is 4. The molecule has 0 unspecified atom stereocenters. The van der Waals surface area contributed by atoms with Gasteiger partial charge in [-0.15, -0.1) is 0 Å². The van der Waals surface area contributed by atoms with Crippen molar-refractivity contribution in [1.29, 1.82) is 0 Å². The quantitative estimate of drug-likeness (QED) is 0.532. The highest BCUT2D eigenvalue weighted by Crippen LogP contribution is 2.24. The monoisotopic (exact) mass is 369 g/mol. The molecule has 2 heterocycles. The Bertz CT molecular complexity index is 579. The SMILES string of the molecule is CCC1(CC)NC(=O)N(CC(=O)OCC(=O)N2C[C@H](C)O[C@@H](C)C2)C1=O. The number of imide groups is 1. The lowest BCUT2D eigenvalue weighted by Gasteiger charge is -2.35. The zero-order valence-corrected chi connectivity index (χ0v) is 15.7. The summed E-state index contributed by atoms with van der Waals surface area (Å²) in [4.78, 5) is 51.1. The first-order chi connectivity index (χ1) is 12.2. The van der Waals surface area contributed by atoms with Crippen LogP contribution in [0.1, 0.15) is 40.5 Å². The topological polar surface area (TPSA) is 105 Å². The molecule has 2 rings (SSSR count). The van der Waals surface area contributed by atoms with Gasteiger partial charge in [-0.2, -0.15) is 0 Å². The minimum absolute atomic E-state index is 0.0828. The van der Waals surface area contributed by atoms with Crippen LogP contribution < -0.4 is 5.32 Å². The number of hydrogen-bond acceptors (Lipinski definition) is 6. The number of esters is 1. The molecule has 0 radical (unpaired) electrons. The molecule has 9 heteroatoms. The maximum Gasteiger partial charge on any atom is 0.326 e. The van der Waals surface area contributed by atoms with Crippen molar-refractivity contribution in [2.45, 2.75) is 58.3 Å². The van der Waals surface area contributed by atoms with Gasteiger partial charge in [0.05, 0.1) is 12.2 Å². The smallest absolute Gasteiger partial charge is 0.326 e. The number of nitrogens with zero attached hydrogens (tertiary/aromatic N) is 2. The van der Waals surface area contributed by atoms with E-state index < -0.39 is 36.6 Å². The van der Waals surface area contributed by atoms with Crippen LogP contribution in [0.15, 0.2) is 0 Å². The van der Waals surface area contributed by atoms with E-state index in [2.05, 4.69) is 5.32 Å². The Labute approximate surface area is 153 Å².